The van der Waals surface area contributed by atoms with Crippen LogP contribution in [0.5, 0.6) is 0 Å². The monoisotopic (exact) mass is 314 g/mol. The van der Waals surface area contributed by atoms with Crippen LogP contribution in [0.15, 0.2) is 16.6 Å². The molecule has 0 spiro atoms. The van der Waals surface area contributed by atoms with Gasteiger partial charge in [0, 0.05) is 4.47 Å². The smallest absolute Gasteiger partial charge is 0.174 e. The second-order valence-corrected chi connectivity index (χ2v) is 5.49. The predicted molar refractivity (Wildman–Crippen MR) is 70.6 cm³/mol. The van der Waals surface area contributed by atoms with Gasteiger partial charge in [-0.05, 0) is 64.3 Å². The highest BCUT2D eigenvalue weighted by Gasteiger charge is 2.17. The first kappa shape index (κ1) is 12.5. The molecule has 1 aromatic carbocycles. The highest BCUT2D eigenvalue weighted by molar-refractivity contribution is 9.10. The molecule has 0 amide bonds. The van der Waals surface area contributed by atoms with Crippen LogP contribution in [0.2, 0.25) is 0 Å². The van der Waals surface area contributed by atoms with Gasteiger partial charge in [0.2, 0.25) is 0 Å². The Hall–Kier alpha value is -0.940. The summed E-state index contributed by atoms with van der Waals surface area (Å²) in [4.78, 5) is 0. The second kappa shape index (κ2) is 4.74. The molecule has 0 saturated carbocycles. The topological polar surface area (TPSA) is 43.6 Å². The molecule has 2 rings (SSSR count). The Bertz CT molecular complexity index is 527. The van der Waals surface area contributed by atoms with E-state index in [9.17, 15) is 0 Å². The number of tetrazole rings is 1. The van der Waals surface area contributed by atoms with Crippen molar-refractivity contribution in [2.45, 2.75) is 26.1 Å². The van der Waals surface area contributed by atoms with Crippen molar-refractivity contribution in [1.29, 1.82) is 0 Å². The van der Waals surface area contributed by atoms with Crippen molar-refractivity contribution in [2.75, 3.05) is 0 Å². The molecule has 4 nitrogen and oxygen atoms in total. The number of hydrogen-bond acceptors (Lipinski definition) is 3. The summed E-state index contributed by atoms with van der Waals surface area (Å²) in [6.07, 6.45) is 0. The molecule has 2 aromatic rings. The van der Waals surface area contributed by atoms with Crippen molar-refractivity contribution in [3.05, 3.63) is 33.6 Å². The average molecular weight is 316 g/mol. The molecule has 0 radical (unpaired) electrons. The fourth-order valence-electron chi connectivity index (χ4n) is 1.78. The summed E-state index contributed by atoms with van der Waals surface area (Å²) in [6.45, 7) is 5.92. The fourth-order valence-corrected chi connectivity index (χ4v) is 2.76. The predicted octanol–water partition coefficient (Wildman–Crippen LogP) is 3.34. The van der Waals surface area contributed by atoms with Crippen molar-refractivity contribution in [3.8, 4) is 5.69 Å². The van der Waals surface area contributed by atoms with Crippen molar-refractivity contribution in [3.63, 3.8) is 0 Å². The number of aromatic nitrogens is 4. The Morgan fingerprint density at radius 1 is 1.35 bits per heavy atom. The Balaban J connectivity index is 2.64. The van der Waals surface area contributed by atoms with Gasteiger partial charge in [0.25, 0.3) is 0 Å². The highest BCUT2D eigenvalue weighted by atomic mass is 79.9. The van der Waals surface area contributed by atoms with E-state index < -0.39 is 0 Å². The maximum absolute atomic E-state index is 6.06. The Morgan fingerprint density at radius 3 is 2.65 bits per heavy atom. The molecule has 1 aromatic heterocycles. The molecule has 0 bridgehead atoms. The maximum atomic E-state index is 6.06. The van der Waals surface area contributed by atoms with Crippen LogP contribution in [0, 0.1) is 13.8 Å². The van der Waals surface area contributed by atoms with Gasteiger partial charge in [-0.25, -0.2) is 0 Å². The second-order valence-electron chi connectivity index (χ2n) is 3.98. The number of benzene rings is 1. The van der Waals surface area contributed by atoms with Crippen molar-refractivity contribution in [2.24, 2.45) is 0 Å². The summed E-state index contributed by atoms with van der Waals surface area (Å²) in [5.74, 6) is 0.638. The van der Waals surface area contributed by atoms with Gasteiger partial charge in [0.15, 0.2) is 5.82 Å². The molecule has 17 heavy (non-hydrogen) atoms. The zero-order chi connectivity index (χ0) is 12.6. The van der Waals surface area contributed by atoms with Gasteiger partial charge in [-0.2, -0.15) is 4.68 Å². The highest BCUT2D eigenvalue weighted by Crippen LogP contribution is 2.28. The molecule has 0 aliphatic carbocycles. The molecule has 0 aliphatic rings. The minimum Gasteiger partial charge on any atom is -0.194 e. The van der Waals surface area contributed by atoms with E-state index in [-0.39, 0.29) is 5.38 Å². The molecular formula is C11H12BrClN4. The van der Waals surface area contributed by atoms with Gasteiger partial charge in [-0.15, -0.1) is 16.7 Å². The van der Waals surface area contributed by atoms with Crippen LogP contribution in [0.25, 0.3) is 5.69 Å². The molecule has 0 N–H and O–H groups in total. The number of rotatable bonds is 2. The largest absolute Gasteiger partial charge is 0.194 e. The number of aryl methyl sites for hydroxylation is 2. The number of alkyl halides is 1. The molecular weight excluding hydrogens is 304 g/mol. The molecule has 0 saturated heterocycles. The maximum Gasteiger partial charge on any atom is 0.174 e. The Labute approximate surface area is 113 Å². The first-order chi connectivity index (χ1) is 8.00. The lowest BCUT2D eigenvalue weighted by atomic mass is 10.1. The Morgan fingerprint density at radius 2 is 2.06 bits per heavy atom. The Kier molecular flexibility index (Phi) is 3.49. The molecule has 1 atom stereocenters. The normalized spacial score (nSPS) is 12.8. The number of halogens is 2. The average Bonchev–Trinajstić information content (AvgIpc) is 2.64. The van der Waals surface area contributed by atoms with Crippen LogP contribution in [0.4, 0.5) is 0 Å². The lowest BCUT2D eigenvalue weighted by Crippen LogP contribution is -2.06. The summed E-state index contributed by atoms with van der Waals surface area (Å²) in [7, 11) is 0. The summed E-state index contributed by atoms with van der Waals surface area (Å²) >= 11 is 9.60. The van der Waals surface area contributed by atoms with E-state index in [4.69, 9.17) is 11.6 Å². The van der Waals surface area contributed by atoms with E-state index in [1.807, 2.05) is 26.8 Å². The van der Waals surface area contributed by atoms with E-state index in [2.05, 4.69) is 37.5 Å². The van der Waals surface area contributed by atoms with E-state index >= 15 is 0 Å². The van der Waals surface area contributed by atoms with E-state index in [0.29, 0.717) is 5.82 Å². The van der Waals surface area contributed by atoms with Crippen LogP contribution in [0.1, 0.15) is 29.3 Å². The molecule has 90 valence electrons. The summed E-state index contributed by atoms with van der Waals surface area (Å²) < 4.78 is 2.64. The summed E-state index contributed by atoms with van der Waals surface area (Å²) in [5, 5.41) is 11.4. The SMILES string of the molecule is Cc1cc(C)c(-n2nnnc2C(C)Cl)c(Br)c1. The summed E-state index contributed by atoms with van der Waals surface area (Å²) in [5.41, 5.74) is 3.22. The van der Waals surface area contributed by atoms with Crippen LogP contribution >= 0.6 is 27.5 Å². The molecule has 1 unspecified atom stereocenters. The fraction of sp³-hybridized carbons (Fsp3) is 0.364. The van der Waals surface area contributed by atoms with Crippen molar-refractivity contribution < 1.29 is 0 Å². The first-order valence-corrected chi connectivity index (χ1v) is 6.43. The lowest BCUT2D eigenvalue weighted by Gasteiger charge is -2.11. The van der Waals surface area contributed by atoms with Gasteiger partial charge in [0.05, 0.1) is 11.1 Å². The first-order valence-electron chi connectivity index (χ1n) is 5.20. The van der Waals surface area contributed by atoms with E-state index in [0.717, 1.165) is 15.7 Å². The van der Waals surface area contributed by atoms with Gasteiger partial charge in [0.1, 0.15) is 0 Å². The quantitative estimate of drug-likeness (QED) is 0.798. The van der Waals surface area contributed by atoms with Crippen molar-refractivity contribution in [1.82, 2.24) is 20.2 Å². The molecule has 1 heterocycles. The van der Waals surface area contributed by atoms with Gasteiger partial charge >= 0.3 is 0 Å². The van der Waals surface area contributed by atoms with Gasteiger partial charge in [-0.3, -0.25) is 0 Å². The zero-order valence-electron chi connectivity index (χ0n) is 9.78. The lowest BCUT2D eigenvalue weighted by molar-refractivity contribution is 0.753. The van der Waals surface area contributed by atoms with E-state index in [1.165, 1.54) is 5.56 Å². The third kappa shape index (κ3) is 2.35. The van der Waals surface area contributed by atoms with Crippen LogP contribution < -0.4 is 0 Å². The summed E-state index contributed by atoms with van der Waals surface area (Å²) in [6, 6.07) is 4.12. The number of nitrogens with zero attached hydrogens (tertiary/aromatic N) is 4. The molecule has 0 fully saturated rings. The van der Waals surface area contributed by atoms with Crippen LogP contribution in [-0.2, 0) is 0 Å². The minimum absolute atomic E-state index is 0.238. The van der Waals surface area contributed by atoms with E-state index in [1.54, 1.807) is 4.68 Å². The van der Waals surface area contributed by atoms with Gasteiger partial charge in [-0.1, -0.05) is 6.07 Å². The zero-order valence-corrected chi connectivity index (χ0v) is 12.1. The molecule has 0 aliphatic heterocycles. The van der Waals surface area contributed by atoms with Crippen LogP contribution in [-0.4, -0.2) is 20.2 Å². The third-order valence-electron chi connectivity index (χ3n) is 2.46. The molecule has 6 heteroatoms. The minimum atomic E-state index is -0.238. The standard InChI is InChI=1S/C11H12BrClN4/c1-6-4-7(2)10(9(12)5-6)17-11(8(3)13)14-15-16-17/h4-5,8H,1-3H3. The van der Waals surface area contributed by atoms with Crippen LogP contribution in [0.3, 0.4) is 0 Å². The third-order valence-corrected chi connectivity index (χ3v) is 3.26. The number of hydrogen-bond donors (Lipinski definition) is 0. The van der Waals surface area contributed by atoms with Gasteiger partial charge < -0.3 is 0 Å². The van der Waals surface area contributed by atoms with Crippen molar-refractivity contribution >= 4 is 27.5 Å².